The molecule has 3 N–H and O–H groups in total. The molecule has 0 unspecified atom stereocenters. The molecule has 1 aromatic rings. The number of carbonyl (C=O) groups excluding carboxylic acids is 1. The highest BCUT2D eigenvalue weighted by atomic mass is 16.1. The molecule has 116 valence electrons. The van der Waals surface area contributed by atoms with Gasteiger partial charge in [-0.3, -0.25) is 4.79 Å². The quantitative estimate of drug-likeness (QED) is 0.819. The van der Waals surface area contributed by atoms with Crippen LogP contribution in [-0.2, 0) is 0 Å². The van der Waals surface area contributed by atoms with Crippen molar-refractivity contribution in [2.24, 2.45) is 5.92 Å². The summed E-state index contributed by atoms with van der Waals surface area (Å²) in [6.07, 6.45) is 3.57. The molecule has 2 rings (SSSR count). The zero-order valence-electron chi connectivity index (χ0n) is 13.2. The molecule has 0 spiro atoms. The topological polar surface area (TPSA) is 58.4 Å². The lowest BCUT2D eigenvalue weighted by Crippen LogP contribution is -2.39. The first-order chi connectivity index (χ1) is 10.1. The zero-order valence-corrected chi connectivity index (χ0v) is 13.2. The van der Waals surface area contributed by atoms with Crippen LogP contribution in [0, 0.1) is 12.8 Å². The van der Waals surface area contributed by atoms with Crippen LogP contribution in [0.3, 0.4) is 0 Å². The van der Waals surface area contributed by atoms with E-state index in [4.69, 9.17) is 5.73 Å². The summed E-state index contributed by atoms with van der Waals surface area (Å²) in [4.78, 5) is 14.8. The minimum absolute atomic E-state index is 0.00390. The molecule has 0 radical (unpaired) electrons. The van der Waals surface area contributed by atoms with E-state index in [0.29, 0.717) is 17.2 Å². The molecule has 0 aromatic heterocycles. The van der Waals surface area contributed by atoms with Crippen molar-refractivity contribution < 1.29 is 4.79 Å². The van der Waals surface area contributed by atoms with Crippen molar-refractivity contribution in [1.82, 2.24) is 10.2 Å². The molecular weight excluding hydrogens is 262 g/mol. The Kier molecular flexibility index (Phi) is 5.62. The normalized spacial score (nSPS) is 16.9. The highest BCUT2D eigenvalue weighted by Crippen LogP contribution is 2.17. The smallest absolute Gasteiger partial charge is 0.251 e. The number of aryl methyl sites for hydroxylation is 1. The van der Waals surface area contributed by atoms with Gasteiger partial charge in [-0.1, -0.05) is 13.0 Å². The molecular formula is C17H27N3O. The fourth-order valence-electron chi connectivity index (χ4n) is 2.95. The van der Waals surface area contributed by atoms with Crippen molar-refractivity contribution in [1.29, 1.82) is 0 Å². The van der Waals surface area contributed by atoms with Gasteiger partial charge in [0.05, 0.1) is 0 Å². The van der Waals surface area contributed by atoms with Gasteiger partial charge >= 0.3 is 0 Å². The number of piperidine rings is 1. The molecule has 1 aliphatic rings. The second-order valence-corrected chi connectivity index (χ2v) is 6.07. The molecule has 0 aliphatic carbocycles. The second kappa shape index (κ2) is 7.46. The Morgan fingerprint density at radius 2 is 2.10 bits per heavy atom. The number of hydrogen-bond acceptors (Lipinski definition) is 3. The van der Waals surface area contributed by atoms with Crippen LogP contribution >= 0.6 is 0 Å². The first-order valence-electron chi connectivity index (χ1n) is 7.96. The molecule has 1 saturated heterocycles. The van der Waals surface area contributed by atoms with E-state index in [0.717, 1.165) is 25.2 Å². The average Bonchev–Trinajstić information content (AvgIpc) is 2.49. The highest BCUT2D eigenvalue weighted by Gasteiger charge is 2.19. The van der Waals surface area contributed by atoms with Crippen LogP contribution in [0.1, 0.15) is 42.1 Å². The molecule has 1 fully saturated rings. The first kappa shape index (κ1) is 15.8. The summed E-state index contributed by atoms with van der Waals surface area (Å²) in [7, 11) is 0. The monoisotopic (exact) mass is 289 g/mol. The summed E-state index contributed by atoms with van der Waals surface area (Å²) in [5, 5.41) is 3.07. The molecule has 0 saturated carbocycles. The summed E-state index contributed by atoms with van der Waals surface area (Å²) < 4.78 is 0. The van der Waals surface area contributed by atoms with Crippen LogP contribution in [0.25, 0.3) is 0 Å². The number of rotatable bonds is 5. The molecule has 1 aromatic carbocycles. The number of nitrogens with one attached hydrogen (secondary N) is 1. The van der Waals surface area contributed by atoms with E-state index in [1.165, 1.54) is 25.8 Å². The van der Waals surface area contributed by atoms with Gasteiger partial charge in [-0.15, -0.1) is 0 Å². The van der Waals surface area contributed by atoms with Crippen LogP contribution in [0.15, 0.2) is 18.2 Å². The molecule has 4 heteroatoms. The second-order valence-electron chi connectivity index (χ2n) is 6.07. The van der Waals surface area contributed by atoms with Crippen LogP contribution in [0.2, 0.25) is 0 Å². The highest BCUT2D eigenvalue weighted by molar-refractivity contribution is 5.96. The Bertz CT molecular complexity index is 479. The minimum atomic E-state index is -0.00390. The molecule has 1 aliphatic heterocycles. The third-order valence-electron chi connectivity index (χ3n) is 4.30. The summed E-state index contributed by atoms with van der Waals surface area (Å²) in [5.74, 6) is 0.596. The number of likely N-dealkylation sites (tertiary alicyclic amines) is 1. The van der Waals surface area contributed by atoms with Gasteiger partial charge < -0.3 is 16.0 Å². The number of hydrogen-bond donors (Lipinski definition) is 2. The third kappa shape index (κ3) is 4.46. The Balaban J connectivity index is 1.81. The van der Waals surface area contributed by atoms with E-state index in [1.807, 2.05) is 19.1 Å². The first-order valence-corrected chi connectivity index (χ1v) is 7.96. The largest absolute Gasteiger partial charge is 0.399 e. The van der Waals surface area contributed by atoms with Crippen LogP contribution < -0.4 is 11.1 Å². The maximum atomic E-state index is 12.3. The van der Waals surface area contributed by atoms with Gasteiger partial charge in [0.1, 0.15) is 0 Å². The van der Waals surface area contributed by atoms with Gasteiger partial charge in [-0.05, 0) is 69.4 Å². The molecule has 0 bridgehead atoms. The van der Waals surface area contributed by atoms with Crippen molar-refractivity contribution >= 4 is 11.6 Å². The van der Waals surface area contributed by atoms with Crippen molar-refractivity contribution in [3.63, 3.8) is 0 Å². The number of benzene rings is 1. The Hall–Kier alpha value is -1.55. The van der Waals surface area contributed by atoms with Crippen molar-refractivity contribution in [3.8, 4) is 0 Å². The van der Waals surface area contributed by atoms with Crippen molar-refractivity contribution in [3.05, 3.63) is 29.3 Å². The van der Waals surface area contributed by atoms with Gasteiger partial charge in [0, 0.05) is 17.8 Å². The van der Waals surface area contributed by atoms with E-state index in [1.54, 1.807) is 6.07 Å². The Labute approximate surface area is 127 Å². The van der Waals surface area contributed by atoms with Gasteiger partial charge in [0.2, 0.25) is 0 Å². The van der Waals surface area contributed by atoms with Crippen molar-refractivity contribution in [2.45, 2.75) is 33.1 Å². The number of nitrogens with zero attached hydrogens (tertiary/aromatic N) is 1. The number of anilines is 1. The van der Waals surface area contributed by atoms with Gasteiger partial charge in [-0.2, -0.15) is 0 Å². The maximum absolute atomic E-state index is 12.3. The maximum Gasteiger partial charge on any atom is 0.251 e. The lowest BCUT2D eigenvalue weighted by Gasteiger charge is -2.31. The standard InChI is InChI=1S/C17H27N3O/c1-3-8-20-9-6-14(7-10-20)12-19-17(21)16-11-15(18)5-4-13(16)2/h4-5,11,14H,3,6-10,12,18H2,1-2H3,(H,19,21). The molecule has 21 heavy (non-hydrogen) atoms. The van der Waals surface area contributed by atoms with E-state index < -0.39 is 0 Å². The SMILES string of the molecule is CCCN1CCC(CNC(=O)c2cc(N)ccc2C)CC1. The Morgan fingerprint density at radius 3 is 2.76 bits per heavy atom. The molecule has 4 nitrogen and oxygen atoms in total. The number of nitrogens with two attached hydrogens (primary N) is 1. The van der Waals surface area contributed by atoms with Gasteiger partial charge in [0.15, 0.2) is 0 Å². The average molecular weight is 289 g/mol. The molecule has 0 atom stereocenters. The fraction of sp³-hybridized carbons (Fsp3) is 0.588. The predicted octanol–water partition coefficient (Wildman–Crippen LogP) is 2.43. The van der Waals surface area contributed by atoms with Gasteiger partial charge in [-0.25, -0.2) is 0 Å². The van der Waals surface area contributed by atoms with E-state index in [2.05, 4.69) is 17.1 Å². The molecule has 1 heterocycles. The predicted molar refractivity (Wildman–Crippen MR) is 87.4 cm³/mol. The zero-order chi connectivity index (χ0) is 15.2. The number of carbonyl (C=O) groups is 1. The van der Waals surface area contributed by atoms with E-state index in [9.17, 15) is 4.79 Å². The number of nitrogen functional groups attached to an aromatic ring is 1. The summed E-state index contributed by atoms with van der Waals surface area (Å²) >= 11 is 0. The van der Waals surface area contributed by atoms with Crippen LogP contribution in [0.5, 0.6) is 0 Å². The third-order valence-corrected chi connectivity index (χ3v) is 4.30. The Morgan fingerprint density at radius 1 is 1.38 bits per heavy atom. The summed E-state index contributed by atoms with van der Waals surface area (Å²) in [6.45, 7) is 8.45. The van der Waals surface area contributed by atoms with Crippen LogP contribution in [0.4, 0.5) is 5.69 Å². The fourth-order valence-corrected chi connectivity index (χ4v) is 2.95. The minimum Gasteiger partial charge on any atom is -0.399 e. The summed E-state index contributed by atoms with van der Waals surface area (Å²) in [6, 6.07) is 5.48. The van der Waals surface area contributed by atoms with E-state index >= 15 is 0 Å². The van der Waals surface area contributed by atoms with Crippen LogP contribution in [-0.4, -0.2) is 37.0 Å². The molecule has 1 amide bonds. The number of amides is 1. The van der Waals surface area contributed by atoms with Gasteiger partial charge in [0.25, 0.3) is 5.91 Å². The summed E-state index contributed by atoms with van der Waals surface area (Å²) in [5.41, 5.74) is 8.06. The van der Waals surface area contributed by atoms with E-state index in [-0.39, 0.29) is 5.91 Å². The lowest BCUT2D eigenvalue weighted by atomic mass is 9.96. The van der Waals surface area contributed by atoms with Crippen molar-refractivity contribution in [2.75, 3.05) is 31.9 Å². The lowest BCUT2D eigenvalue weighted by molar-refractivity contribution is 0.0935.